The maximum absolute atomic E-state index is 9.81. The van der Waals surface area contributed by atoms with Crippen LogP contribution in [0.3, 0.4) is 0 Å². The Kier molecular flexibility index (Phi) is 5.23. The molecule has 2 N–H and O–H groups in total. The Morgan fingerprint density at radius 1 is 1.37 bits per heavy atom. The number of rotatable bonds is 6. The molecule has 0 spiro atoms. The summed E-state index contributed by atoms with van der Waals surface area (Å²) in [7, 11) is 1.71. The molecule has 1 aliphatic carbocycles. The van der Waals surface area contributed by atoms with Crippen molar-refractivity contribution in [1.82, 2.24) is 5.32 Å². The molecule has 3 nitrogen and oxygen atoms in total. The van der Waals surface area contributed by atoms with Crippen molar-refractivity contribution in [3.63, 3.8) is 0 Å². The van der Waals surface area contributed by atoms with Crippen LogP contribution in [0.25, 0.3) is 0 Å². The van der Waals surface area contributed by atoms with Crippen LogP contribution in [0, 0.1) is 5.92 Å². The molecular weight excluding hydrogens is 238 g/mol. The highest BCUT2D eigenvalue weighted by atomic mass is 16.5. The highest BCUT2D eigenvalue weighted by Crippen LogP contribution is 2.25. The van der Waals surface area contributed by atoms with Crippen molar-refractivity contribution in [2.75, 3.05) is 13.7 Å². The molecular formula is C16H25NO2. The quantitative estimate of drug-likeness (QED) is 0.828. The van der Waals surface area contributed by atoms with Gasteiger partial charge in [0.25, 0.3) is 0 Å². The number of aliphatic hydroxyl groups excluding tert-OH is 1. The first-order valence-corrected chi connectivity index (χ1v) is 7.24. The van der Waals surface area contributed by atoms with Gasteiger partial charge in [0, 0.05) is 12.6 Å². The van der Waals surface area contributed by atoms with Crippen LogP contribution in [0.2, 0.25) is 0 Å². The number of benzene rings is 1. The molecule has 3 atom stereocenters. The predicted molar refractivity (Wildman–Crippen MR) is 77.5 cm³/mol. The van der Waals surface area contributed by atoms with Crippen LogP contribution >= 0.6 is 0 Å². The van der Waals surface area contributed by atoms with Gasteiger partial charge in [-0.05, 0) is 43.7 Å². The van der Waals surface area contributed by atoms with Crippen LogP contribution in [-0.4, -0.2) is 30.9 Å². The highest BCUT2D eigenvalue weighted by Gasteiger charge is 2.25. The van der Waals surface area contributed by atoms with Gasteiger partial charge in [0.2, 0.25) is 0 Å². The zero-order valence-electron chi connectivity index (χ0n) is 11.9. The van der Waals surface area contributed by atoms with E-state index in [-0.39, 0.29) is 6.10 Å². The summed E-state index contributed by atoms with van der Waals surface area (Å²) in [5, 5.41) is 13.4. The van der Waals surface area contributed by atoms with Gasteiger partial charge < -0.3 is 15.2 Å². The molecule has 2 rings (SSSR count). The molecule has 1 aliphatic rings. The Bertz CT molecular complexity index is 394. The van der Waals surface area contributed by atoms with E-state index in [4.69, 9.17) is 4.74 Å². The molecule has 1 saturated carbocycles. The minimum Gasteiger partial charge on any atom is -0.496 e. The lowest BCUT2D eigenvalue weighted by molar-refractivity contribution is 0.130. The molecule has 106 valence electrons. The first kappa shape index (κ1) is 14.4. The Hall–Kier alpha value is -1.06. The van der Waals surface area contributed by atoms with Gasteiger partial charge in [-0.15, -0.1) is 0 Å². The van der Waals surface area contributed by atoms with Crippen LogP contribution in [0.1, 0.15) is 31.7 Å². The normalized spacial score (nSPS) is 24.4. The van der Waals surface area contributed by atoms with E-state index in [0.717, 1.165) is 38.0 Å². The summed E-state index contributed by atoms with van der Waals surface area (Å²) in [5.74, 6) is 1.39. The van der Waals surface area contributed by atoms with Crippen LogP contribution in [0.5, 0.6) is 5.75 Å². The maximum atomic E-state index is 9.81. The molecule has 0 amide bonds. The lowest BCUT2D eigenvalue weighted by Crippen LogP contribution is -2.35. The summed E-state index contributed by atoms with van der Waals surface area (Å²) in [6, 6.07) is 8.55. The summed E-state index contributed by atoms with van der Waals surface area (Å²) in [6.45, 7) is 3.10. The molecule has 0 radical (unpaired) electrons. The molecule has 0 heterocycles. The predicted octanol–water partition coefficient (Wildman–Crippen LogP) is 2.38. The largest absolute Gasteiger partial charge is 0.496 e. The summed E-state index contributed by atoms with van der Waals surface area (Å²) in [4.78, 5) is 0. The van der Waals surface area contributed by atoms with Gasteiger partial charge in [0.05, 0.1) is 13.2 Å². The Labute approximate surface area is 116 Å². The fraction of sp³-hybridized carbons (Fsp3) is 0.625. The molecule has 1 fully saturated rings. The minimum atomic E-state index is -0.106. The van der Waals surface area contributed by atoms with Crippen LogP contribution in [0.4, 0.5) is 0 Å². The summed E-state index contributed by atoms with van der Waals surface area (Å²) < 4.78 is 5.37. The molecule has 3 heteroatoms. The molecule has 1 aromatic carbocycles. The molecule has 0 aliphatic heterocycles. The topological polar surface area (TPSA) is 41.5 Å². The third kappa shape index (κ3) is 3.95. The van der Waals surface area contributed by atoms with Gasteiger partial charge >= 0.3 is 0 Å². The van der Waals surface area contributed by atoms with Crippen molar-refractivity contribution < 1.29 is 9.84 Å². The lowest BCUT2D eigenvalue weighted by atomic mass is 10.0. The molecule has 3 unspecified atom stereocenters. The summed E-state index contributed by atoms with van der Waals surface area (Å²) >= 11 is 0. The van der Waals surface area contributed by atoms with Gasteiger partial charge in [-0.25, -0.2) is 0 Å². The van der Waals surface area contributed by atoms with Crippen molar-refractivity contribution in [2.24, 2.45) is 5.92 Å². The average molecular weight is 263 g/mol. The molecule has 0 bridgehead atoms. The third-order valence-electron chi connectivity index (χ3n) is 4.07. The van der Waals surface area contributed by atoms with E-state index in [2.05, 4.69) is 18.3 Å². The van der Waals surface area contributed by atoms with Gasteiger partial charge in [-0.3, -0.25) is 0 Å². The van der Waals surface area contributed by atoms with E-state index >= 15 is 0 Å². The van der Waals surface area contributed by atoms with Gasteiger partial charge in [-0.2, -0.15) is 0 Å². The first-order chi connectivity index (χ1) is 9.20. The number of hydrogen-bond donors (Lipinski definition) is 2. The summed E-state index contributed by atoms with van der Waals surface area (Å²) in [6.07, 6.45) is 4.12. The zero-order valence-corrected chi connectivity index (χ0v) is 11.9. The van der Waals surface area contributed by atoms with Gasteiger partial charge in [-0.1, -0.05) is 24.6 Å². The summed E-state index contributed by atoms with van der Waals surface area (Å²) in [5.41, 5.74) is 1.23. The molecule has 0 aromatic heterocycles. The number of nitrogens with one attached hydrogen (secondary N) is 1. The van der Waals surface area contributed by atoms with E-state index in [1.807, 2.05) is 18.2 Å². The van der Waals surface area contributed by atoms with Crippen LogP contribution in [-0.2, 0) is 6.42 Å². The lowest BCUT2D eigenvalue weighted by Gasteiger charge is -2.20. The number of para-hydroxylation sites is 1. The van der Waals surface area contributed by atoms with Crippen molar-refractivity contribution in [2.45, 2.75) is 44.8 Å². The van der Waals surface area contributed by atoms with Crippen molar-refractivity contribution in [1.29, 1.82) is 0 Å². The van der Waals surface area contributed by atoms with E-state index in [1.54, 1.807) is 7.11 Å². The Morgan fingerprint density at radius 2 is 2.16 bits per heavy atom. The van der Waals surface area contributed by atoms with Crippen molar-refractivity contribution >= 4 is 0 Å². The Balaban J connectivity index is 1.82. The number of aliphatic hydroxyl groups is 1. The van der Waals surface area contributed by atoms with E-state index in [0.29, 0.717) is 12.0 Å². The highest BCUT2D eigenvalue weighted by molar-refractivity contribution is 5.33. The van der Waals surface area contributed by atoms with Gasteiger partial charge in [0.15, 0.2) is 0 Å². The minimum absolute atomic E-state index is 0.106. The maximum Gasteiger partial charge on any atom is 0.122 e. The molecule has 1 aromatic rings. The second-order valence-corrected chi connectivity index (χ2v) is 5.58. The third-order valence-corrected chi connectivity index (χ3v) is 4.07. The SMILES string of the molecule is COc1ccccc1CC(C)NCC1CCCC1O. The second-order valence-electron chi connectivity index (χ2n) is 5.58. The standard InChI is InChI=1S/C16H25NO2/c1-12(17-11-14-7-5-8-15(14)18)10-13-6-3-4-9-16(13)19-2/h3-4,6,9,12,14-15,17-18H,5,7-8,10-11H2,1-2H3. The van der Waals surface area contributed by atoms with Gasteiger partial charge in [0.1, 0.15) is 5.75 Å². The first-order valence-electron chi connectivity index (χ1n) is 7.24. The van der Waals surface area contributed by atoms with Crippen molar-refractivity contribution in [3.05, 3.63) is 29.8 Å². The monoisotopic (exact) mass is 263 g/mol. The van der Waals surface area contributed by atoms with Crippen LogP contribution < -0.4 is 10.1 Å². The number of ether oxygens (including phenoxy) is 1. The van der Waals surface area contributed by atoms with Crippen molar-refractivity contribution in [3.8, 4) is 5.75 Å². The molecule has 0 saturated heterocycles. The Morgan fingerprint density at radius 3 is 2.84 bits per heavy atom. The van der Waals surface area contributed by atoms with Crippen LogP contribution in [0.15, 0.2) is 24.3 Å². The molecule has 19 heavy (non-hydrogen) atoms. The number of methoxy groups -OCH3 is 1. The van der Waals surface area contributed by atoms with E-state index in [1.165, 1.54) is 5.56 Å². The average Bonchev–Trinajstić information content (AvgIpc) is 2.82. The second kappa shape index (κ2) is 6.92. The van der Waals surface area contributed by atoms with E-state index < -0.39 is 0 Å². The zero-order chi connectivity index (χ0) is 13.7. The fourth-order valence-electron chi connectivity index (χ4n) is 2.88. The fourth-order valence-corrected chi connectivity index (χ4v) is 2.88. The smallest absolute Gasteiger partial charge is 0.122 e. The van der Waals surface area contributed by atoms with E-state index in [9.17, 15) is 5.11 Å². The number of hydrogen-bond acceptors (Lipinski definition) is 3.